The van der Waals surface area contributed by atoms with Gasteiger partial charge in [-0.15, -0.1) is 0 Å². The van der Waals surface area contributed by atoms with Crippen LogP contribution in [-0.2, 0) is 17.9 Å². The Bertz CT molecular complexity index is 1020. The van der Waals surface area contributed by atoms with E-state index in [9.17, 15) is 9.90 Å². The van der Waals surface area contributed by atoms with Crippen LogP contribution in [0.15, 0.2) is 34.7 Å². The molecular weight excluding hydrogens is 416 g/mol. The van der Waals surface area contributed by atoms with E-state index in [4.69, 9.17) is 21.1 Å². The van der Waals surface area contributed by atoms with Gasteiger partial charge in [0.05, 0.1) is 12.2 Å². The Morgan fingerprint density at radius 3 is 2.26 bits per heavy atom. The Morgan fingerprint density at radius 2 is 1.68 bits per heavy atom. The van der Waals surface area contributed by atoms with E-state index in [1.165, 1.54) is 0 Å². The molecular formula is C24H29ClN2O4. The number of oxazole rings is 1. The number of hydrogen-bond donors (Lipinski definition) is 2. The maximum absolute atomic E-state index is 11.2. The lowest BCUT2D eigenvalue weighted by Crippen LogP contribution is -2.25. The summed E-state index contributed by atoms with van der Waals surface area (Å²) in [6, 6.07) is 9.59. The number of aromatic hydroxyl groups is 1. The number of aromatic nitrogens is 1. The normalized spacial score (nSPS) is 10.7. The number of aliphatic hydroxyl groups is 1. The van der Waals surface area contributed by atoms with Gasteiger partial charge in [-0.1, -0.05) is 29.8 Å². The van der Waals surface area contributed by atoms with Crippen LogP contribution in [0.25, 0.3) is 11.5 Å². The van der Waals surface area contributed by atoms with Crippen molar-refractivity contribution < 1.29 is 19.4 Å². The molecule has 0 fully saturated rings. The second-order valence-electron chi connectivity index (χ2n) is 7.40. The van der Waals surface area contributed by atoms with E-state index in [-0.39, 0.29) is 6.54 Å². The van der Waals surface area contributed by atoms with Crippen LogP contribution in [0.2, 0.25) is 5.02 Å². The Balaban J connectivity index is 0.00000166. The van der Waals surface area contributed by atoms with Crippen molar-refractivity contribution in [3.8, 4) is 17.2 Å². The number of halogens is 1. The summed E-state index contributed by atoms with van der Waals surface area (Å²) in [5.74, 6) is 1.54. The van der Waals surface area contributed by atoms with Gasteiger partial charge in [0.2, 0.25) is 5.89 Å². The predicted octanol–water partition coefficient (Wildman–Crippen LogP) is 4.74. The Kier molecular flexibility index (Phi) is 8.80. The van der Waals surface area contributed by atoms with Gasteiger partial charge >= 0.3 is 0 Å². The molecule has 0 aliphatic heterocycles. The highest BCUT2D eigenvalue weighted by Crippen LogP contribution is 2.28. The Labute approximate surface area is 188 Å². The van der Waals surface area contributed by atoms with Gasteiger partial charge in [0.1, 0.15) is 17.8 Å². The number of rotatable bonds is 7. The third kappa shape index (κ3) is 6.17. The predicted molar refractivity (Wildman–Crippen MR) is 122 cm³/mol. The molecule has 0 spiro atoms. The van der Waals surface area contributed by atoms with Crippen molar-refractivity contribution >= 4 is 17.9 Å². The summed E-state index contributed by atoms with van der Waals surface area (Å²) >= 11 is 6.23. The summed E-state index contributed by atoms with van der Waals surface area (Å²) in [7, 11) is 1.00. The average molecular weight is 445 g/mol. The van der Waals surface area contributed by atoms with Gasteiger partial charge < -0.3 is 19.4 Å². The fourth-order valence-corrected chi connectivity index (χ4v) is 3.50. The minimum atomic E-state index is 0.275. The molecule has 6 nitrogen and oxygen atoms in total. The van der Waals surface area contributed by atoms with Gasteiger partial charge in [0, 0.05) is 30.8 Å². The molecule has 31 heavy (non-hydrogen) atoms. The highest BCUT2D eigenvalue weighted by molar-refractivity contribution is 6.31. The van der Waals surface area contributed by atoms with Crippen LogP contribution < -0.4 is 0 Å². The number of phenols is 1. The van der Waals surface area contributed by atoms with Crippen molar-refractivity contribution in [1.82, 2.24) is 9.88 Å². The monoisotopic (exact) mass is 444 g/mol. The standard InChI is InChI=1S/C23H25ClN2O3.CH4O/c1-14-5-6-19(11-20(14)24)23-25-21(17(4)29-23)13-26(7-8-27)12-18-9-15(2)22(28)16(3)10-18;1-2/h5-6,8-11,28H,7,12-13H2,1-4H3;2H,1H3. The van der Waals surface area contributed by atoms with Crippen molar-refractivity contribution in [3.05, 3.63) is 69.1 Å². The minimum absolute atomic E-state index is 0.275. The molecule has 0 aliphatic carbocycles. The van der Waals surface area contributed by atoms with Gasteiger partial charge in [-0.2, -0.15) is 0 Å². The van der Waals surface area contributed by atoms with Gasteiger partial charge in [0.15, 0.2) is 0 Å². The topological polar surface area (TPSA) is 86.8 Å². The third-order valence-corrected chi connectivity index (χ3v) is 5.38. The molecule has 3 rings (SSSR count). The molecule has 2 N–H and O–H groups in total. The quantitative estimate of drug-likeness (QED) is 0.511. The molecule has 0 bridgehead atoms. The van der Waals surface area contributed by atoms with E-state index in [0.29, 0.717) is 35.5 Å². The number of aryl methyl sites for hydroxylation is 4. The van der Waals surface area contributed by atoms with Crippen molar-refractivity contribution in [2.45, 2.75) is 40.8 Å². The van der Waals surface area contributed by atoms with Crippen LogP contribution in [0.5, 0.6) is 5.75 Å². The lowest BCUT2D eigenvalue weighted by molar-refractivity contribution is -0.109. The van der Waals surface area contributed by atoms with Crippen molar-refractivity contribution in [2.75, 3.05) is 13.7 Å². The summed E-state index contributed by atoms with van der Waals surface area (Å²) in [6.45, 7) is 8.88. The van der Waals surface area contributed by atoms with Gasteiger partial charge in [0.25, 0.3) is 0 Å². The molecule has 0 saturated carbocycles. The Morgan fingerprint density at radius 1 is 1.03 bits per heavy atom. The van der Waals surface area contributed by atoms with Crippen LogP contribution in [-0.4, -0.2) is 40.0 Å². The van der Waals surface area contributed by atoms with Crippen LogP contribution in [0, 0.1) is 27.7 Å². The number of carbonyl (C=O) groups is 1. The highest BCUT2D eigenvalue weighted by atomic mass is 35.5. The zero-order valence-corrected chi connectivity index (χ0v) is 19.3. The van der Waals surface area contributed by atoms with Crippen LogP contribution in [0.1, 0.15) is 33.7 Å². The van der Waals surface area contributed by atoms with E-state index >= 15 is 0 Å². The molecule has 0 amide bonds. The molecule has 0 radical (unpaired) electrons. The SMILES string of the molecule is CO.Cc1ccc(-c2nc(CN(CC=O)Cc3cc(C)c(O)c(C)c3)c(C)o2)cc1Cl. The number of aliphatic hydroxyl groups excluding tert-OH is 1. The van der Waals surface area contributed by atoms with Crippen molar-refractivity contribution in [2.24, 2.45) is 0 Å². The maximum atomic E-state index is 11.2. The van der Waals surface area contributed by atoms with Gasteiger partial charge in [-0.25, -0.2) is 4.98 Å². The van der Waals surface area contributed by atoms with Gasteiger partial charge in [-0.3, -0.25) is 4.90 Å². The van der Waals surface area contributed by atoms with Gasteiger partial charge in [-0.05, 0) is 62.1 Å². The second-order valence-corrected chi connectivity index (χ2v) is 7.81. The van der Waals surface area contributed by atoms with Crippen LogP contribution in [0.3, 0.4) is 0 Å². The number of aldehydes is 1. The zero-order chi connectivity index (χ0) is 23.1. The lowest BCUT2D eigenvalue weighted by Gasteiger charge is -2.19. The molecule has 0 aliphatic rings. The largest absolute Gasteiger partial charge is 0.507 e. The molecule has 1 heterocycles. The first kappa shape index (κ1) is 24.6. The van der Waals surface area contributed by atoms with Crippen molar-refractivity contribution in [3.63, 3.8) is 0 Å². The average Bonchev–Trinajstić information content (AvgIpc) is 3.10. The summed E-state index contributed by atoms with van der Waals surface area (Å²) in [4.78, 5) is 17.9. The van der Waals surface area contributed by atoms with Crippen LogP contribution in [0.4, 0.5) is 0 Å². The van der Waals surface area contributed by atoms with E-state index in [2.05, 4.69) is 4.98 Å². The Hall–Kier alpha value is -2.67. The molecule has 7 heteroatoms. The van der Waals surface area contributed by atoms with Crippen LogP contribution >= 0.6 is 11.6 Å². The van der Waals surface area contributed by atoms with E-state index in [1.54, 1.807) is 0 Å². The maximum Gasteiger partial charge on any atom is 0.226 e. The van der Waals surface area contributed by atoms with E-state index in [1.807, 2.05) is 62.9 Å². The minimum Gasteiger partial charge on any atom is -0.507 e. The number of benzene rings is 2. The second kappa shape index (κ2) is 11.1. The van der Waals surface area contributed by atoms with E-state index in [0.717, 1.165) is 46.9 Å². The summed E-state index contributed by atoms with van der Waals surface area (Å²) in [5, 5.41) is 17.7. The first-order chi connectivity index (χ1) is 14.8. The number of carbonyl (C=O) groups excluding carboxylic acids is 1. The lowest BCUT2D eigenvalue weighted by atomic mass is 10.1. The molecule has 166 valence electrons. The molecule has 2 aromatic carbocycles. The number of phenolic OH excluding ortho intramolecular Hbond substituents is 1. The molecule has 3 aromatic rings. The van der Waals surface area contributed by atoms with E-state index < -0.39 is 0 Å². The first-order valence-electron chi connectivity index (χ1n) is 9.91. The zero-order valence-electron chi connectivity index (χ0n) is 18.6. The molecule has 0 saturated heterocycles. The molecule has 0 atom stereocenters. The molecule has 0 unspecified atom stereocenters. The summed E-state index contributed by atoms with van der Waals surface area (Å²) in [5.41, 5.74) is 5.28. The molecule has 1 aromatic heterocycles. The highest BCUT2D eigenvalue weighted by Gasteiger charge is 2.16. The first-order valence-corrected chi connectivity index (χ1v) is 10.3. The fourth-order valence-electron chi connectivity index (χ4n) is 3.32. The third-order valence-electron chi connectivity index (χ3n) is 4.97. The van der Waals surface area contributed by atoms with Crippen molar-refractivity contribution in [1.29, 1.82) is 0 Å². The smallest absolute Gasteiger partial charge is 0.226 e. The number of hydrogen-bond acceptors (Lipinski definition) is 6. The summed E-state index contributed by atoms with van der Waals surface area (Å²) in [6.07, 6.45) is 0.885. The fraction of sp³-hybridized carbons (Fsp3) is 0.333. The summed E-state index contributed by atoms with van der Waals surface area (Å²) < 4.78 is 5.86. The number of nitrogens with zero attached hydrogens (tertiary/aromatic N) is 2.